The maximum atomic E-state index is 9.94. The van der Waals surface area contributed by atoms with Crippen LogP contribution in [-0.2, 0) is 6.42 Å². The van der Waals surface area contributed by atoms with Gasteiger partial charge in [0.25, 0.3) is 0 Å². The van der Waals surface area contributed by atoms with Crippen LogP contribution in [0.1, 0.15) is 18.4 Å². The maximum Gasteiger partial charge on any atom is 0.0733 e. The topological polar surface area (TPSA) is 32.3 Å². The normalized spacial score (nSPS) is 23.6. The van der Waals surface area contributed by atoms with E-state index in [0.717, 1.165) is 19.4 Å². The summed E-state index contributed by atoms with van der Waals surface area (Å²) in [6, 6.07) is 10.5. The first-order chi connectivity index (χ1) is 6.86. The first-order valence-corrected chi connectivity index (χ1v) is 5.31. The molecule has 1 heterocycles. The third kappa shape index (κ3) is 2.34. The molecule has 2 heteroatoms. The van der Waals surface area contributed by atoms with E-state index in [2.05, 4.69) is 17.4 Å². The van der Waals surface area contributed by atoms with E-state index >= 15 is 0 Å². The van der Waals surface area contributed by atoms with Crippen molar-refractivity contribution in [2.45, 2.75) is 31.4 Å². The van der Waals surface area contributed by atoms with Crippen LogP contribution in [0.15, 0.2) is 30.3 Å². The van der Waals surface area contributed by atoms with Gasteiger partial charge < -0.3 is 10.4 Å². The van der Waals surface area contributed by atoms with Gasteiger partial charge in [-0.15, -0.1) is 0 Å². The lowest BCUT2D eigenvalue weighted by atomic mass is 10.0. The molecule has 76 valence electrons. The van der Waals surface area contributed by atoms with Gasteiger partial charge >= 0.3 is 0 Å². The second-order valence-electron chi connectivity index (χ2n) is 3.96. The average Bonchev–Trinajstić information content (AvgIpc) is 2.72. The molecule has 0 saturated carbocycles. The summed E-state index contributed by atoms with van der Waals surface area (Å²) >= 11 is 0. The molecule has 0 spiro atoms. The van der Waals surface area contributed by atoms with Crippen molar-refractivity contribution in [3.8, 4) is 0 Å². The van der Waals surface area contributed by atoms with E-state index in [4.69, 9.17) is 0 Å². The van der Waals surface area contributed by atoms with Crippen LogP contribution in [0, 0.1) is 0 Å². The third-order valence-electron chi connectivity index (χ3n) is 2.85. The number of hydrogen-bond donors (Lipinski definition) is 2. The molecule has 1 aromatic rings. The molecule has 2 nitrogen and oxygen atoms in total. The molecule has 0 amide bonds. The van der Waals surface area contributed by atoms with Crippen molar-refractivity contribution in [1.29, 1.82) is 0 Å². The van der Waals surface area contributed by atoms with Crippen molar-refractivity contribution in [2.24, 2.45) is 0 Å². The molecular weight excluding hydrogens is 174 g/mol. The predicted molar refractivity (Wildman–Crippen MR) is 57.2 cm³/mol. The van der Waals surface area contributed by atoms with Crippen molar-refractivity contribution < 1.29 is 5.11 Å². The zero-order valence-electron chi connectivity index (χ0n) is 8.32. The summed E-state index contributed by atoms with van der Waals surface area (Å²) in [4.78, 5) is 0. The van der Waals surface area contributed by atoms with Crippen molar-refractivity contribution in [3.05, 3.63) is 35.9 Å². The van der Waals surface area contributed by atoms with Crippen LogP contribution in [0.5, 0.6) is 0 Å². The number of benzene rings is 1. The van der Waals surface area contributed by atoms with Gasteiger partial charge in [-0.3, -0.25) is 0 Å². The quantitative estimate of drug-likeness (QED) is 0.755. The highest BCUT2D eigenvalue weighted by molar-refractivity contribution is 5.16. The van der Waals surface area contributed by atoms with Gasteiger partial charge in [0.15, 0.2) is 0 Å². The van der Waals surface area contributed by atoms with E-state index in [1.54, 1.807) is 0 Å². The van der Waals surface area contributed by atoms with Gasteiger partial charge in [0, 0.05) is 6.04 Å². The minimum absolute atomic E-state index is 0.236. The Hall–Kier alpha value is -0.860. The van der Waals surface area contributed by atoms with Crippen LogP contribution in [-0.4, -0.2) is 23.8 Å². The summed E-state index contributed by atoms with van der Waals surface area (Å²) < 4.78 is 0. The number of rotatable bonds is 3. The van der Waals surface area contributed by atoms with Crippen LogP contribution in [0.2, 0.25) is 0 Å². The molecule has 2 atom stereocenters. The summed E-state index contributed by atoms with van der Waals surface area (Å²) in [7, 11) is 0. The molecular formula is C12H17NO. The number of aliphatic hydroxyl groups is 1. The van der Waals surface area contributed by atoms with Crippen LogP contribution in [0.4, 0.5) is 0 Å². The maximum absolute atomic E-state index is 9.94. The Bertz CT molecular complexity index is 267. The first-order valence-electron chi connectivity index (χ1n) is 5.31. The SMILES string of the molecule is O[C@H](Cc1ccccc1)C1CCCN1. The lowest BCUT2D eigenvalue weighted by molar-refractivity contribution is 0.136. The average molecular weight is 191 g/mol. The lowest BCUT2D eigenvalue weighted by Crippen LogP contribution is -2.36. The fraction of sp³-hybridized carbons (Fsp3) is 0.500. The fourth-order valence-electron chi connectivity index (χ4n) is 2.04. The Morgan fingerprint density at radius 1 is 1.36 bits per heavy atom. The molecule has 0 bridgehead atoms. The Kier molecular flexibility index (Phi) is 3.17. The molecule has 1 fully saturated rings. The van der Waals surface area contributed by atoms with Crippen molar-refractivity contribution in [3.63, 3.8) is 0 Å². The highest BCUT2D eigenvalue weighted by atomic mass is 16.3. The van der Waals surface area contributed by atoms with Gasteiger partial charge in [-0.2, -0.15) is 0 Å². The van der Waals surface area contributed by atoms with E-state index < -0.39 is 0 Å². The number of aliphatic hydroxyl groups excluding tert-OH is 1. The summed E-state index contributed by atoms with van der Waals surface area (Å²) in [6.45, 7) is 1.05. The van der Waals surface area contributed by atoms with Gasteiger partial charge in [0.1, 0.15) is 0 Å². The highest BCUT2D eigenvalue weighted by Gasteiger charge is 2.22. The highest BCUT2D eigenvalue weighted by Crippen LogP contribution is 2.13. The van der Waals surface area contributed by atoms with E-state index in [0.29, 0.717) is 6.04 Å². The van der Waals surface area contributed by atoms with Gasteiger partial charge in [-0.05, 0) is 31.4 Å². The van der Waals surface area contributed by atoms with E-state index in [1.165, 1.54) is 12.0 Å². The standard InChI is InChI=1S/C12H17NO/c14-12(11-7-4-8-13-11)9-10-5-2-1-3-6-10/h1-3,5-6,11-14H,4,7-9H2/t11?,12-/m1/s1. The van der Waals surface area contributed by atoms with E-state index in [9.17, 15) is 5.11 Å². The second-order valence-corrected chi connectivity index (χ2v) is 3.96. The Morgan fingerprint density at radius 2 is 2.14 bits per heavy atom. The number of nitrogens with one attached hydrogen (secondary N) is 1. The van der Waals surface area contributed by atoms with E-state index in [1.807, 2.05) is 18.2 Å². The molecule has 1 aliphatic heterocycles. The molecule has 2 N–H and O–H groups in total. The minimum Gasteiger partial charge on any atom is -0.391 e. The molecule has 1 unspecified atom stereocenters. The molecule has 0 aromatic heterocycles. The first kappa shape index (κ1) is 9.69. The number of hydrogen-bond acceptors (Lipinski definition) is 2. The van der Waals surface area contributed by atoms with Crippen LogP contribution in [0.25, 0.3) is 0 Å². The van der Waals surface area contributed by atoms with Crippen molar-refractivity contribution in [2.75, 3.05) is 6.54 Å². The summed E-state index contributed by atoms with van der Waals surface area (Å²) in [5, 5.41) is 13.3. The van der Waals surface area contributed by atoms with Crippen LogP contribution in [0.3, 0.4) is 0 Å². The molecule has 14 heavy (non-hydrogen) atoms. The third-order valence-corrected chi connectivity index (χ3v) is 2.85. The van der Waals surface area contributed by atoms with Gasteiger partial charge in [0.2, 0.25) is 0 Å². The Morgan fingerprint density at radius 3 is 2.79 bits per heavy atom. The summed E-state index contributed by atoms with van der Waals surface area (Å²) in [5.41, 5.74) is 1.22. The zero-order chi connectivity index (χ0) is 9.80. The molecule has 1 saturated heterocycles. The van der Waals surface area contributed by atoms with Crippen LogP contribution >= 0.6 is 0 Å². The minimum atomic E-state index is -0.236. The second kappa shape index (κ2) is 4.58. The van der Waals surface area contributed by atoms with Gasteiger partial charge in [-0.1, -0.05) is 30.3 Å². The summed E-state index contributed by atoms with van der Waals surface area (Å²) in [6.07, 6.45) is 2.82. The van der Waals surface area contributed by atoms with Crippen molar-refractivity contribution >= 4 is 0 Å². The Labute approximate surface area is 85.0 Å². The lowest BCUT2D eigenvalue weighted by Gasteiger charge is -2.18. The largest absolute Gasteiger partial charge is 0.391 e. The molecule has 0 radical (unpaired) electrons. The van der Waals surface area contributed by atoms with Gasteiger partial charge in [0.05, 0.1) is 6.10 Å². The smallest absolute Gasteiger partial charge is 0.0733 e. The summed E-state index contributed by atoms with van der Waals surface area (Å²) in [5.74, 6) is 0. The molecule has 2 rings (SSSR count). The molecule has 1 aromatic carbocycles. The molecule has 1 aliphatic rings. The zero-order valence-corrected chi connectivity index (χ0v) is 8.32. The van der Waals surface area contributed by atoms with Gasteiger partial charge in [-0.25, -0.2) is 0 Å². The Balaban J connectivity index is 1.90. The van der Waals surface area contributed by atoms with Crippen LogP contribution < -0.4 is 5.32 Å². The molecule has 0 aliphatic carbocycles. The fourth-order valence-corrected chi connectivity index (χ4v) is 2.04. The van der Waals surface area contributed by atoms with E-state index in [-0.39, 0.29) is 6.10 Å². The monoisotopic (exact) mass is 191 g/mol. The predicted octanol–water partition coefficient (Wildman–Crippen LogP) is 1.34. The van der Waals surface area contributed by atoms with Crippen molar-refractivity contribution in [1.82, 2.24) is 5.32 Å².